The largest absolute Gasteiger partial charge is 0.465 e. The quantitative estimate of drug-likeness (QED) is 0.220. The van der Waals surface area contributed by atoms with Gasteiger partial charge < -0.3 is 15.6 Å². The van der Waals surface area contributed by atoms with Crippen LogP contribution in [0.3, 0.4) is 0 Å². The molecule has 208 valence electrons. The predicted molar refractivity (Wildman–Crippen MR) is 137 cm³/mol. The number of rotatable bonds is 6. The van der Waals surface area contributed by atoms with E-state index in [1.807, 2.05) is 20.8 Å². The first kappa shape index (κ1) is 29.1. The predicted octanol–water partition coefficient (Wildman–Crippen LogP) is 7.85. The summed E-state index contributed by atoms with van der Waals surface area (Å²) in [7, 11) is 0. The molecule has 0 radical (unpaired) electrons. The topological polar surface area (TPSA) is 119 Å². The molecule has 1 saturated carbocycles. The van der Waals surface area contributed by atoms with Gasteiger partial charge in [-0.3, -0.25) is 15.0 Å². The molecule has 0 spiro atoms. The van der Waals surface area contributed by atoms with Gasteiger partial charge in [0.25, 0.3) is 5.69 Å². The van der Waals surface area contributed by atoms with Crippen molar-refractivity contribution in [1.82, 2.24) is 4.90 Å². The van der Waals surface area contributed by atoms with E-state index in [0.29, 0.717) is 11.6 Å². The maximum Gasteiger partial charge on any atom is 0.420 e. The Bertz CT molecular complexity index is 1190. The molecular weight excluding hydrogens is 503 g/mol. The lowest BCUT2D eigenvalue weighted by Gasteiger charge is -2.56. The second kappa shape index (κ2) is 9.99. The van der Waals surface area contributed by atoms with E-state index in [-0.39, 0.29) is 23.1 Å². The minimum atomic E-state index is -4.91. The zero-order chi connectivity index (χ0) is 28.7. The van der Waals surface area contributed by atoms with Crippen molar-refractivity contribution < 1.29 is 32.7 Å². The van der Waals surface area contributed by atoms with E-state index in [1.165, 1.54) is 17.0 Å². The van der Waals surface area contributed by atoms with Crippen LogP contribution in [0.2, 0.25) is 0 Å². The van der Waals surface area contributed by atoms with Crippen LogP contribution in [0.4, 0.5) is 29.3 Å². The summed E-state index contributed by atoms with van der Waals surface area (Å²) in [5.74, 6) is -0.628. The molecule has 3 N–H and O–H groups in total. The molecule has 3 rings (SSSR count). The molecule has 0 aromatic heterocycles. The number of hydrogen-bond donors (Lipinski definition) is 2. The van der Waals surface area contributed by atoms with Crippen molar-refractivity contribution in [3.05, 3.63) is 57.6 Å². The average molecular weight is 538 g/mol. The third kappa shape index (κ3) is 5.97. The van der Waals surface area contributed by atoms with Crippen LogP contribution >= 0.6 is 0 Å². The van der Waals surface area contributed by atoms with Gasteiger partial charge in [0.15, 0.2) is 0 Å². The fraction of sp³-hybridized carbons (Fsp3) is 0.519. The van der Waals surface area contributed by atoms with Crippen LogP contribution in [0, 0.1) is 20.9 Å². The van der Waals surface area contributed by atoms with Crippen molar-refractivity contribution in [3.8, 4) is 11.5 Å². The van der Waals surface area contributed by atoms with Crippen LogP contribution in [-0.4, -0.2) is 26.6 Å². The highest BCUT2D eigenvalue weighted by molar-refractivity contribution is 5.67. The van der Waals surface area contributed by atoms with Crippen molar-refractivity contribution in [3.63, 3.8) is 0 Å². The van der Waals surface area contributed by atoms with E-state index in [9.17, 15) is 33.2 Å². The summed E-state index contributed by atoms with van der Waals surface area (Å²) in [6.45, 7) is 10.6. The van der Waals surface area contributed by atoms with Crippen LogP contribution in [-0.2, 0) is 12.7 Å². The first-order valence-electron chi connectivity index (χ1n) is 12.3. The van der Waals surface area contributed by atoms with E-state index >= 15 is 0 Å². The number of carbonyl (C=O) groups is 1. The second-order valence-electron chi connectivity index (χ2n) is 11.7. The van der Waals surface area contributed by atoms with E-state index in [4.69, 9.17) is 10.5 Å². The lowest BCUT2D eigenvalue weighted by molar-refractivity contribution is -0.384. The molecule has 2 aromatic rings. The third-order valence-corrected chi connectivity index (χ3v) is 7.70. The van der Waals surface area contributed by atoms with Crippen molar-refractivity contribution in [2.24, 2.45) is 10.8 Å². The maximum absolute atomic E-state index is 13.6. The van der Waals surface area contributed by atoms with Crippen molar-refractivity contribution in [2.45, 2.75) is 78.6 Å². The Morgan fingerprint density at radius 3 is 2.11 bits per heavy atom. The Balaban J connectivity index is 1.89. The first-order chi connectivity index (χ1) is 17.4. The molecule has 0 aliphatic heterocycles. The molecule has 0 heterocycles. The molecule has 1 aliphatic carbocycles. The Morgan fingerprint density at radius 2 is 1.66 bits per heavy atom. The van der Waals surface area contributed by atoms with Crippen LogP contribution in [0.15, 0.2) is 36.4 Å². The molecule has 0 atom stereocenters. The molecule has 0 bridgehead atoms. The molecule has 11 heteroatoms. The molecule has 2 aromatic carbocycles. The number of nitro groups is 1. The van der Waals surface area contributed by atoms with Gasteiger partial charge >= 0.3 is 12.3 Å². The molecule has 0 unspecified atom stereocenters. The van der Waals surface area contributed by atoms with Gasteiger partial charge in [0.05, 0.1) is 10.5 Å². The standard InChI is InChI=1S/C27H34F3N3O5/c1-24(2,3)26(12-10-25(4,5)11-13-26)32(23(34)35)16-17-6-8-18(9-7-17)38-22-15-20(31)21(33(36)37)14-19(22)27(28,29)30/h6-9,14-15H,10-13,16,31H2,1-5H3,(H,34,35). The number of anilines is 1. The second-order valence-corrected chi connectivity index (χ2v) is 11.7. The molecule has 0 saturated heterocycles. The molecular formula is C27H34F3N3O5. The van der Waals surface area contributed by atoms with Gasteiger partial charge in [-0.1, -0.05) is 46.8 Å². The molecule has 1 fully saturated rings. The van der Waals surface area contributed by atoms with Gasteiger partial charge in [-0.15, -0.1) is 0 Å². The SMILES string of the molecule is CC1(C)CCC(N(Cc2ccc(Oc3cc(N)c([N+](=O)[O-])cc3C(F)(F)F)cc2)C(=O)O)(C(C)(C)C)CC1. The van der Waals surface area contributed by atoms with Crippen LogP contribution in [0.1, 0.15) is 71.4 Å². The number of nitrogens with zero attached hydrogens (tertiary/aromatic N) is 2. The Kier molecular flexibility index (Phi) is 7.64. The summed E-state index contributed by atoms with van der Waals surface area (Å²) in [5.41, 5.74) is 2.79. The Morgan fingerprint density at radius 1 is 1.11 bits per heavy atom. The number of halogens is 3. The minimum Gasteiger partial charge on any atom is -0.465 e. The third-order valence-electron chi connectivity index (χ3n) is 7.70. The summed E-state index contributed by atoms with van der Waals surface area (Å²) in [5, 5.41) is 21.3. The number of nitrogens with two attached hydrogens (primary N) is 1. The van der Waals surface area contributed by atoms with Crippen LogP contribution in [0.5, 0.6) is 11.5 Å². The van der Waals surface area contributed by atoms with Crippen molar-refractivity contribution in [2.75, 3.05) is 5.73 Å². The van der Waals surface area contributed by atoms with Gasteiger partial charge in [0, 0.05) is 18.7 Å². The van der Waals surface area contributed by atoms with E-state index in [1.54, 1.807) is 12.1 Å². The smallest absolute Gasteiger partial charge is 0.420 e. The van der Waals surface area contributed by atoms with Crippen LogP contribution in [0.25, 0.3) is 0 Å². The lowest BCUT2D eigenvalue weighted by atomic mass is 9.59. The maximum atomic E-state index is 13.6. The minimum absolute atomic E-state index is 0.0410. The molecule has 1 amide bonds. The number of alkyl halides is 3. The molecule has 1 aliphatic rings. The summed E-state index contributed by atoms with van der Waals surface area (Å²) in [6.07, 6.45) is -2.72. The fourth-order valence-corrected chi connectivity index (χ4v) is 5.19. The zero-order valence-electron chi connectivity index (χ0n) is 22.2. The van der Waals surface area contributed by atoms with Gasteiger partial charge in [-0.05, 0) is 54.2 Å². The van der Waals surface area contributed by atoms with Crippen molar-refractivity contribution >= 4 is 17.5 Å². The van der Waals surface area contributed by atoms with Crippen LogP contribution < -0.4 is 10.5 Å². The highest BCUT2D eigenvalue weighted by Gasteiger charge is 2.51. The van der Waals surface area contributed by atoms with E-state index < -0.39 is 45.4 Å². The van der Waals surface area contributed by atoms with E-state index in [2.05, 4.69) is 13.8 Å². The van der Waals surface area contributed by atoms with Gasteiger partial charge in [-0.25, -0.2) is 4.79 Å². The number of ether oxygens (including phenoxy) is 1. The number of hydrogen-bond acceptors (Lipinski definition) is 5. The average Bonchev–Trinajstić information content (AvgIpc) is 2.77. The molecule has 8 nitrogen and oxygen atoms in total. The normalized spacial score (nSPS) is 17.1. The summed E-state index contributed by atoms with van der Waals surface area (Å²) < 4.78 is 46.1. The van der Waals surface area contributed by atoms with Crippen molar-refractivity contribution in [1.29, 1.82) is 0 Å². The Hall–Kier alpha value is -3.50. The number of amides is 1. The number of nitro benzene ring substituents is 1. The number of benzene rings is 2. The molecule has 38 heavy (non-hydrogen) atoms. The summed E-state index contributed by atoms with van der Waals surface area (Å²) in [6, 6.07) is 7.18. The van der Waals surface area contributed by atoms with Gasteiger partial charge in [0.2, 0.25) is 0 Å². The fourth-order valence-electron chi connectivity index (χ4n) is 5.19. The van der Waals surface area contributed by atoms with Gasteiger partial charge in [0.1, 0.15) is 22.7 Å². The Labute approximate surface area is 219 Å². The highest BCUT2D eigenvalue weighted by Crippen LogP contribution is 2.51. The van der Waals surface area contributed by atoms with Gasteiger partial charge in [-0.2, -0.15) is 13.2 Å². The van der Waals surface area contributed by atoms with E-state index in [0.717, 1.165) is 31.7 Å². The highest BCUT2D eigenvalue weighted by atomic mass is 19.4. The summed E-state index contributed by atoms with van der Waals surface area (Å²) >= 11 is 0. The zero-order valence-corrected chi connectivity index (χ0v) is 22.2. The number of nitrogen functional groups attached to an aromatic ring is 1. The summed E-state index contributed by atoms with van der Waals surface area (Å²) in [4.78, 5) is 24.1. The number of carboxylic acid groups (broad SMARTS) is 1. The lowest BCUT2D eigenvalue weighted by Crippen LogP contribution is -2.60. The monoisotopic (exact) mass is 537 g/mol. The first-order valence-corrected chi connectivity index (χ1v) is 12.3.